The highest BCUT2D eigenvalue weighted by molar-refractivity contribution is 6.17. The molecule has 3 heterocycles. The molecule has 3 aromatic heterocycles. The van der Waals surface area contributed by atoms with Crippen LogP contribution in [0.1, 0.15) is 0 Å². The third-order valence-electron chi connectivity index (χ3n) is 8.42. The Labute approximate surface area is 253 Å². The van der Waals surface area contributed by atoms with E-state index in [1.54, 1.807) is 0 Å². The van der Waals surface area contributed by atoms with Gasteiger partial charge in [0.05, 0.1) is 11.0 Å². The molecule has 4 heteroatoms. The summed E-state index contributed by atoms with van der Waals surface area (Å²) < 4.78 is 8.97. The number of benzene rings is 6. The summed E-state index contributed by atoms with van der Waals surface area (Å²) in [6.07, 6.45) is 0. The second-order valence-electron chi connectivity index (χ2n) is 11.0. The van der Waals surface area contributed by atoms with Crippen LogP contribution in [0.5, 0.6) is 0 Å². The molecule has 0 aliphatic heterocycles. The van der Waals surface area contributed by atoms with Crippen LogP contribution in [0.15, 0.2) is 156 Å². The maximum absolute atomic E-state index is 6.66. The molecule has 0 aliphatic rings. The number of hydrogen-bond donors (Lipinski definition) is 0. The van der Waals surface area contributed by atoms with Crippen LogP contribution in [0.2, 0.25) is 0 Å². The van der Waals surface area contributed by atoms with Crippen LogP contribution in [0.3, 0.4) is 0 Å². The molecule has 0 saturated heterocycles. The molecule has 0 amide bonds. The molecule has 6 aromatic carbocycles. The summed E-state index contributed by atoms with van der Waals surface area (Å²) >= 11 is 0. The van der Waals surface area contributed by atoms with Gasteiger partial charge in [-0.15, -0.1) is 0 Å². The third kappa shape index (κ3) is 3.85. The molecule has 4 nitrogen and oxygen atoms in total. The lowest BCUT2D eigenvalue weighted by atomic mass is 10.0. The van der Waals surface area contributed by atoms with Gasteiger partial charge in [-0.05, 0) is 35.4 Å². The number of nitrogens with zero attached hydrogens (tertiary/aromatic N) is 3. The van der Waals surface area contributed by atoms with Crippen LogP contribution in [0.4, 0.5) is 0 Å². The Morgan fingerprint density at radius 1 is 0.455 bits per heavy atom. The fraction of sp³-hybridized carbons (Fsp3) is 0. The molecule has 0 atom stereocenters. The molecule has 9 rings (SSSR count). The summed E-state index contributed by atoms with van der Waals surface area (Å²) in [5.74, 6) is 0.672. The minimum absolute atomic E-state index is 0.672. The number of fused-ring (bicyclic) bond motifs is 6. The van der Waals surface area contributed by atoms with E-state index in [1.165, 1.54) is 10.9 Å². The van der Waals surface area contributed by atoms with Crippen LogP contribution in [-0.4, -0.2) is 14.5 Å². The Kier molecular flexibility index (Phi) is 5.47. The largest absolute Gasteiger partial charge is 0.452 e. The molecule has 0 spiro atoms. The molecule has 0 radical (unpaired) electrons. The highest BCUT2D eigenvalue weighted by Gasteiger charge is 2.21. The normalized spacial score (nSPS) is 11.6. The van der Waals surface area contributed by atoms with Crippen molar-refractivity contribution in [3.63, 3.8) is 0 Å². The van der Waals surface area contributed by atoms with Gasteiger partial charge in [-0.1, -0.05) is 121 Å². The Hall–Kier alpha value is -6.00. The summed E-state index contributed by atoms with van der Waals surface area (Å²) in [6, 6.07) is 52.5. The molecule has 9 aromatic rings. The van der Waals surface area contributed by atoms with Crippen molar-refractivity contribution < 1.29 is 4.42 Å². The van der Waals surface area contributed by atoms with E-state index >= 15 is 0 Å². The first kappa shape index (κ1) is 24.6. The number of aromatic nitrogens is 3. The molecule has 0 N–H and O–H groups in total. The second-order valence-corrected chi connectivity index (χ2v) is 11.0. The SMILES string of the molecule is c1ccc(-c2ccc(-c3nc(-c4ccccc4)c4oc5cc6c(cc5c4n3)c3ccccc3n6-c3ccccc3)cc2)cc1. The summed E-state index contributed by atoms with van der Waals surface area (Å²) in [6.45, 7) is 0. The van der Waals surface area contributed by atoms with Crippen molar-refractivity contribution in [3.05, 3.63) is 152 Å². The summed E-state index contributed by atoms with van der Waals surface area (Å²) in [4.78, 5) is 10.3. The summed E-state index contributed by atoms with van der Waals surface area (Å²) in [5, 5.41) is 3.33. The van der Waals surface area contributed by atoms with E-state index in [2.05, 4.69) is 126 Å². The standard InChI is InChI=1S/C40H25N3O/c1-4-12-26(13-5-1)27-20-22-29(23-21-27)40-41-37(28-14-6-2-7-15-28)39-38(42-40)33-24-32-31-18-10-11-19-34(31)43(30-16-8-3-9-17-30)35(32)25-36(33)44-39/h1-25H. The maximum atomic E-state index is 6.66. The van der Waals surface area contributed by atoms with Crippen molar-refractivity contribution >= 4 is 43.9 Å². The van der Waals surface area contributed by atoms with Gasteiger partial charge < -0.3 is 8.98 Å². The number of rotatable bonds is 4. The van der Waals surface area contributed by atoms with Crippen molar-refractivity contribution in [1.29, 1.82) is 0 Å². The maximum Gasteiger partial charge on any atom is 0.180 e. The van der Waals surface area contributed by atoms with E-state index in [0.29, 0.717) is 11.4 Å². The lowest BCUT2D eigenvalue weighted by Crippen LogP contribution is -1.94. The molecule has 0 saturated carbocycles. The minimum atomic E-state index is 0.672. The average molecular weight is 564 g/mol. The Balaban J connectivity index is 1.31. The van der Waals surface area contributed by atoms with E-state index < -0.39 is 0 Å². The fourth-order valence-corrected chi connectivity index (χ4v) is 6.32. The zero-order valence-electron chi connectivity index (χ0n) is 23.7. The lowest BCUT2D eigenvalue weighted by molar-refractivity contribution is 0.667. The fourth-order valence-electron chi connectivity index (χ4n) is 6.32. The van der Waals surface area contributed by atoms with Gasteiger partial charge in [-0.2, -0.15) is 0 Å². The zero-order chi connectivity index (χ0) is 29.0. The van der Waals surface area contributed by atoms with Gasteiger partial charge in [-0.3, -0.25) is 0 Å². The predicted molar refractivity (Wildman–Crippen MR) is 180 cm³/mol. The molecular weight excluding hydrogens is 538 g/mol. The third-order valence-corrected chi connectivity index (χ3v) is 8.42. The number of hydrogen-bond acceptors (Lipinski definition) is 3. The van der Waals surface area contributed by atoms with Crippen LogP contribution < -0.4 is 0 Å². The van der Waals surface area contributed by atoms with Gasteiger partial charge >= 0.3 is 0 Å². The first-order chi connectivity index (χ1) is 21.8. The van der Waals surface area contributed by atoms with Crippen molar-refractivity contribution in [2.45, 2.75) is 0 Å². The zero-order valence-corrected chi connectivity index (χ0v) is 23.7. The number of para-hydroxylation sites is 2. The molecule has 0 bridgehead atoms. The van der Waals surface area contributed by atoms with Gasteiger partial charge in [0.2, 0.25) is 0 Å². The summed E-state index contributed by atoms with van der Waals surface area (Å²) in [7, 11) is 0. The van der Waals surface area contributed by atoms with Crippen molar-refractivity contribution in [3.8, 4) is 39.5 Å². The first-order valence-corrected chi connectivity index (χ1v) is 14.8. The quantitative estimate of drug-likeness (QED) is 0.214. The molecule has 0 fully saturated rings. The van der Waals surface area contributed by atoms with E-state index in [1.807, 2.05) is 30.3 Å². The van der Waals surface area contributed by atoms with Crippen LogP contribution >= 0.6 is 0 Å². The van der Waals surface area contributed by atoms with E-state index in [0.717, 1.165) is 61.0 Å². The van der Waals surface area contributed by atoms with Gasteiger partial charge in [-0.25, -0.2) is 9.97 Å². The van der Waals surface area contributed by atoms with Crippen LogP contribution in [0, 0.1) is 0 Å². The van der Waals surface area contributed by atoms with Crippen LogP contribution in [0.25, 0.3) is 83.3 Å². The Bertz CT molecular complexity index is 2460. The van der Waals surface area contributed by atoms with Crippen molar-refractivity contribution in [2.75, 3.05) is 0 Å². The van der Waals surface area contributed by atoms with Gasteiger partial charge in [0.1, 0.15) is 16.8 Å². The van der Waals surface area contributed by atoms with E-state index in [9.17, 15) is 0 Å². The second kappa shape index (κ2) is 9.79. The minimum Gasteiger partial charge on any atom is -0.452 e. The molecular formula is C40H25N3O. The topological polar surface area (TPSA) is 43.9 Å². The Morgan fingerprint density at radius 2 is 1.07 bits per heavy atom. The molecule has 44 heavy (non-hydrogen) atoms. The van der Waals surface area contributed by atoms with Crippen molar-refractivity contribution in [2.24, 2.45) is 0 Å². The highest BCUT2D eigenvalue weighted by Crippen LogP contribution is 2.40. The highest BCUT2D eigenvalue weighted by atomic mass is 16.3. The number of furan rings is 1. The van der Waals surface area contributed by atoms with Crippen molar-refractivity contribution in [1.82, 2.24) is 14.5 Å². The summed E-state index contributed by atoms with van der Waals surface area (Å²) in [5.41, 5.74) is 10.7. The predicted octanol–water partition coefficient (Wildman–Crippen LogP) is 10.5. The van der Waals surface area contributed by atoms with Crippen LogP contribution in [-0.2, 0) is 0 Å². The van der Waals surface area contributed by atoms with E-state index in [-0.39, 0.29) is 0 Å². The van der Waals surface area contributed by atoms with Gasteiger partial charge in [0.15, 0.2) is 11.4 Å². The average Bonchev–Trinajstić information content (AvgIpc) is 3.63. The van der Waals surface area contributed by atoms with E-state index in [4.69, 9.17) is 14.4 Å². The Morgan fingerprint density at radius 3 is 1.82 bits per heavy atom. The van der Waals surface area contributed by atoms with Gasteiger partial charge in [0.25, 0.3) is 0 Å². The lowest BCUT2D eigenvalue weighted by Gasteiger charge is -2.07. The molecule has 0 aliphatic carbocycles. The first-order valence-electron chi connectivity index (χ1n) is 14.8. The van der Waals surface area contributed by atoms with Gasteiger partial charge in [0, 0.05) is 39.0 Å². The molecule has 206 valence electrons. The smallest absolute Gasteiger partial charge is 0.180 e. The molecule has 0 unspecified atom stereocenters. The monoisotopic (exact) mass is 563 g/mol.